The Kier molecular flexibility index (Phi) is 7.02. The van der Waals surface area contributed by atoms with E-state index >= 15 is 0 Å². The van der Waals surface area contributed by atoms with Crippen molar-refractivity contribution in [2.75, 3.05) is 23.4 Å². The molecule has 2 aromatic carbocycles. The fourth-order valence-electron chi connectivity index (χ4n) is 2.90. The third-order valence-electron chi connectivity index (χ3n) is 4.51. The number of carbonyl (C=O) groups is 1. The first-order valence-corrected chi connectivity index (χ1v) is 10.5. The number of carbonyl (C=O) groups excluding carboxylic acids is 1. The fourth-order valence-corrected chi connectivity index (χ4v) is 3.87. The Morgan fingerprint density at radius 1 is 1.13 bits per heavy atom. The number of anilines is 2. The van der Waals surface area contributed by atoms with Gasteiger partial charge >= 0.3 is 5.69 Å². The van der Waals surface area contributed by atoms with E-state index in [0.717, 1.165) is 10.5 Å². The second-order valence-corrected chi connectivity index (χ2v) is 8.17. The summed E-state index contributed by atoms with van der Waals surface area (Å²) in [6.07, 6.45) is 0.195. The highest BCUT2D eigenvalue weighted by molar-refractivity contribution is 7.99. The molecule has 7 nitrogen and oxygen atoms in total. The molecule has 3 aromatic rings. The maximum atomic E-state index is 12.6. The van der Waals surface area contributed by atoms with Crippen molar-refractivity contribution in [3.63, 3.8) is 0 Å². The normalized spacial score (nSPS) is 10.7. The number of benzene rings is 2. The molecule has 0 aliphatic carbocycles. The molecule has 3 rings (SSSR count). The third-order valence-corrected chi connectivity index (χ3v) is 5.77. The van der Waals surface area contributed by atoms with Crippen LogP contribution in [0.2, 0.25) is 5.02 Å². The fraction of sp³-hybridized carbons (Fsp3) is 0.190. The minimum atomic E-state index is -0.692. The number of thioether (sulfide) groups is 1. The summed E-state index contributed by atoms with van der Waals surface area (Å²) in [5.74, 6) is 0.194. The summed E-state index contributed by atoms with van der Waals surface area (Å²) < 4.78 is 1.25. The molecule has 0 aliphatic heterocycles. The van der Waals surface area contributed by atoms with Gasteiger partial charge < -0.3 is 10.6 Å². The molecule has 0 radical (unpaired) electrons. The van der Waals surface area contributed by atoms with E-state index in [4.69, 9.17) is 17.3 Å². The summed E-state index contributed by atoms with van der Waals surface area (Å²) >= 11 is 7.38. The molecule has 9 heteroatoms. The molecule has 1 heterocycles. The lowest BCUT2D eigenvalue weighted by molar-refractivity contribution is -0.117. The Labute approximate surface area is 182 Å². The van der Waals surface area contributed by atoms with Crippen LogP contribution in [-0.4, -0.2) is 28.3 Å². The van der Waals surface area contributed by atoms with Gasteiger partial charge in [-0.15, -0.1) is 11.8 Å². The Hall–Kier alpha value is -2.97. The highest BCUT2D eigenvalue weighted by Crippen LogP contribution is 2.22. The number of halogens is 1. The van der Waals surface area contributed by atoms with Crippen LogP contribution in [-0.2, 0) is 11.3 Å². The lowest BCUT2D eigenvalue weighted by atomic mass is 10.2. The first-order chi connectivity index (χ1) is 14.4. The van der Waals surface area contributed by atoms with Gasteiger partial charge in [-0.3, -0.25) is 19.1 Å². The number of nitrogens with one attached hydrogen (secondary N) is 1. The second kappa shape index (κ2) is 9.69. The lowest BCUT2D eigenvalue weighted by Crippen LogP contribution is -2.39. The van der Waals surface area contributed by atoms with Crippen molar-refractivity contribution >= 4 is 40.8 Å². The van der Waals surface area contributed by atoms with E-state index in [2.05, 4.69) is 4.98 Å². The third kappa shape index (κ3) is 5.14. The topological polar surface area (TPSA) is 101 Å². The summed E-state index contributed by atoms with van der Waals surface area (Å²) in [4.78, 5) is 41.7. The van der Waals surface area contributed by atoms with Crippen LogP contribution in [0.15, 0.2) is 69.1 Å². The van der Waals surface area contributed by atoms with Crippen LogP contribution >= 0.6 is 23.4 Å². The standard InChI is InChI=1S/C21H21ClN4O3S/c1-25(17(27)11-12-30-16-9-7-15(22)8-10-16)18-19(23)26(21(29)24-20(18)28)13-14-5-3-2-4-6-14/h2-10H,11-13,23H2,1H3,(H,24,28,29). The number of nitrogen functional groups attached to an aromatic ring is 1. The summed E-state index contributed by atoms with van der Waals surface area (Å²) in [6.45, 7) is 0.184. The Balaban J connectivity index is 1.75. The molecular weight excluding hydrogens is 424 g/mol. The Bertz CT molecular complexity index is 1140. The van der Waals surface area contributed by atoms with Gasteiger partial charge in [-0.05, 0) is 29.8 Å². The molecule has 3 N–H and O–H groups in total. The van der Waals surface area contributed by atoms with Crippen molar-refractivity contribution in [1.82, 2.24) is 9.55 Å². The monoisotopic (exact) mass is 444 g/mol. The predicted molar refractivity (Wildman–Crippen MR) is 121 cm³/mol. The van der Waals surface area contributed by atoms with Crippen molar-refractivity contribution in [3.05, 3.63) is 86.0 Å². The van der Waals surface area contributed by atoms with Gasteiger partial charge in [0.15, 0.2) is 5.69 Å². The van der Waals surface area contributed by atoms with E-state index in [1.54, 1.807) is 12.1 Å². The zero-order valence-corrected chi connectivity index (χ0v) is 17.9. The molecule has 0 spiro atoms. The Morgan fingerprint density at radius 3 is 2.47 bits per heavy atom. The van der Waals surface area contributed by atoms with Gasteiger partial charge in [0.05, 0.1) is 6.54 Å². The van der Waals surface area contributed by atoms with Crippen molar-refractivity contribution in [2.24, 2.45) is 0 Å². The van der Waals surface area contributed by atoms with Gasteiger partial charge in [0, 0.05) is 29.1 Å². The summed E-state index contributed by atoms with van der Waals surface area (Å²) in [6, 6.07) is 16.6. The van der Waals surface area contributed by atoms with E-state index in [1.165, 1.54) is 28.3 Å². The quantitative estimate of drug-likeness (QED) is 0.545. The van der Waals surface area contributed by atoms with E-state index in [1.807, 2.05) is 42.5 Å². The molecule has 1 aromatic heterocycles. The maximum Gasteiger partial charge on any atom is 0.330 e. The number of H-pyrrole nitrogens is 1. The van der Waals surface area contributed by atoms with Crippen LogP contribution in [0.5, 0.6) is 0 Å². The first-order valence-electron chi connectivity index (χ1n) is 9.18. The van der Waals surface area contributed by atoms with Crippen LogP contribution in [0, 0.1) is 0 Å². The summed E-state index contributed by atoms with van der Waals surface area (Å²) in [7, 11) is 1.48. The molecule has 0 saturated heterocycles. The smallest absolute Gasteiger partial charge is 0.330 e. The SMILES string of the molecule is CN(C(=O)CCSc1ccc(Cl)cc1)c1c(N)n(Cc2ccccc2)c(=O)[nH]c1=O. The van der Waals surface area contributed by atoms with Crippen molar-refractivity contribution in [3.8, 4) is 0 Å². The molecule has 0 saturated carbocycles. The van der Waals surface area contributed by atoms with Gasteiger partial charge in [-0.1, -0.05) is 41.9 Å². The number of hydrogen-bond acceptors (Lipinski definition) is 5. The van der Waals surface area contributed by atoms with E-state index in [-0.39, 0.29) is 30.4 Å². The molecule has 1 amide bonds. The van der Waals surface area contributed by atoms with Crippen LogP contribution in [0.1, 0.15) is 12.0 Å². The minimum absolute atomic E-state index is 0.0352. The first kappa shape index (κ1) is 21.7. The van der Waals surface area contributed by atoms with Crippen molar-refractivity contribution in [1.29, 1.82) is 0 Å². The van der Waals surface area contributed by atoms with Crippen molar-refractivity contribution in [2.45, 2.75) is 17.9 Å². The molecule has 156 valence electrons. The average molecular weight is 445 g/mol. The zero-order chi connectivity index (χ0) is 21.7. The number of aromatic nitrogens is 2. The van der Waals surface area contributed by atoms with Gasteiger partial charge in [0.25, 0.3) is 5.56 Å². The largest absolute Gasteiger partial charge is 0.383 e. The minimum Gasteiger partial charge on any atom is -0.383 e. The number of aromatic amines is 1. The lowest BCUT2D eigenvalue weighted by Gasteiger charge is -2.20. The molecular formula is C21H21ClN4O3S. The maximum absolute atomic E-state index is 12.6. The Morgan fingerprint density at radius 2 is 1.80 bits per heavy atom. The summed E-state index contributed by atoms with van der Waals surface area (Å²) in [5.41, 5.74) is 5.63. The van der Waals surface area contributed by atoms with Gasteiger partial charge in [0.1, 0.15) is 5.82 Å². The number of rotatable bonds is 7. The van der Waals surface area contributed by atoms with Crippen LogP contribution in [0.25, 0.3) is 0 Å². The number of nitrogens with zero attached hydrogens (tertiary/aromatic N) is 2. The molecule has 0 bridgehead atoms. The van der Waals surface area contributed by atoms with E-state index in [0.29, 0.717) is 10.8 Å². The van der Waals surface area contributed by atoms with E-state index < -0.39 is 11.2 Å². The van der Waals surface area contributed by atoms with Crippen LogP contribution in [0.3, 0.4) is 0 Å². The van der Waals surface area contributed by atoms with Crippen LogP contribution in [0.4, 0.5) is 11.5 Å². The van der Waals surface area contributed by atoms with Gasteiger partial charge in [0.2, 0.25) is 5.91 Å². The van der Waals surface area contributed by atoms with Gasteiger partial charge in [-0.2, -0.15) is 0 Å². The average Bonchev–Trinajstić information content (AvgIpc) is 2.73. The van der Waals surface area contributed by atoms with Gasteiger partial charge in [-0.25, -0.2) is 4.79 Å². The molecule has 30 heavy (non-hydrogen) atoms. The van der Waals surface area contributed by atoms with Crippen LogP contribution < -0.4 is 21.9 Å². The van der Waals surface area contributed by atoms with E-state index in [9.17, 15) is 14.4 Å². The molecule has 0 aliphatic rings. The number of hydrogen-bond donors (Lipinski definition) is 2. The predicted octanol–water partition coefficient (Wildman–Crippen LogP) is 2.97. The zero-order valence-electron chi connectivity index (χ0n) is 16.3. The number of amides is 1. The summed E-state index contributed by atoms with van der Waals surface area (Å²) in [5, 5.41) is 0.649. The number of nitrogens with two attached hydrogens (primary N) is 1. The second-order valence-electron chi connectivity index (χ2n) is 6.57. The molecule has 0 unspecified atom stereocenters. The van der Waals surface area contributed by atoms with Crippen molar-refractivity contribution < 1.29 is 4.79 Å². The highest BCUT2D eigenvalue weighted by atomic mass is 35.5. The molecule has 0 fully saturated rings. The highest BCUT2D eigenvalue weighted by Gasteiger charge is 2.20. The molecule has 0 atom stereocenters.